The van der Waals surface area contributed by atoms with Crippen LogP contribution in [0.2, 0.25) is 0 Å². The average molecular weight is 187 g/mol. The molecule has 10 heavy (non-hydrogen) atoms. The van der Waals surface area contributed by atoms with E-state index in [4.69, 9.17) is 14.9 Å². The molecule has 0 aliphatic heterocycles. The molecule has 0 fully saturated rings. The molecule has 7 heteroatoms. The van der Waals surface area contributed by atoms with E-state index in [1.54, 1.807) is 0 Å². The van der Waals surface area contributed by atoms with Gasteiger partial charge in [0.1, 0.15) is 0 Å². The van der Waals surface area contributed by atoms with Crippen molar-refractivity contribution in [3.8, 4) is 0 Å². The number of hydrogen-bond donors (Lipinski definition) is 3. The highest BCUT2D eigenvalue weighted by molar-refractivity contribution is 7.70. The van der Waals surface area contributed by atoms with Gasteiger partial charge in [-0.25, -0.2) is 0 Å². The second-order valence-corrected chi connectivity index (χ2v) is 6.52. The Bertz CT molecular complexity index is 191. The third-order valence-corrected chi connectivity index (χ3v) is 5.07. The maximum Gasteiger partial charge on any atom is 0.551 e. The van der Waals surface area contributed by atoms with Crippen molar-refractivity contribution >= 4 is 15.4 Å². The number of rotatable bonds is 2. The van der Waals surface area contributed by atoms with Crippen LogP contribution in [0.5, 0.6) is 0 Å². The van der Waals surface area contributed by atoms with E-state index >= 15 is 0 Å². The fourth-order valence-corrected chi connectivity index (χ4v) is 1.43. The van der Waals surface area contributed by atoms with Crippen LogP contribution in [0.1, 0.15) is 6.92 Å². The Hall–Kier alpha value is 0.210. The van der Waals surface area contributed by atoms with Crippen molar-refractivity contribution in [2.75, 3.05) is 6.66 Å². The fourth-order valence-electron chi connectivity index (χ4n) is 0.159. The standard InChI is InChI=1S/C3H8O5P2/c1-3(4,9(5)6)10(2,7)8/h4H,1-2H3,(H-,5,6,7,8)/p+1. The quantitative estimate of drug-likeness (QED) is 0.540. The molecule has 0 aromatic rings. The molecule has 0 heterocycles. The van der Waals surface area contributed by atoms with Gasteiger partial charge < -0.3 is 10.00 Å². The highest BCUT2D eigenvalue weighted by Crippen LogP contribution is 2.59. The Labute approximate surface area is 59.0 Å². The maximum absolute atomic E-state index is 10.6. The highest BCUT2D eigenvalue weighted by Gasteiger charge is 2.55. The summed E-state index contributed by atoms with van der Waals surface area (Å²) in [6.45, 7) is 1.68. The van der Waals surface area contributed by atoms with Crippen LogP contribution in [0.25, 0.3) is 0 Å². The monoisotopic (exact) mass is 187 g/mol. The van der Waals surface area contributed by atoms with Gasteiger partial charge in [-0.05, 0) is 4.57 Å². The van der Waals surface area contributed by atoms with E-state index < -0.39 is 20.5 Å². The van der Waals surface area contributed by atoms with Crippen LogP contribution >= 0.6 is 15.4 Å². The molecule has 0 radical (unpaired) electrons. The van der Waals surface area contributed by atoms with Gasteiger partial charge in [0.2, 0.25) is 0 Å². The lowest BCUT2D eigenvalue weighted by atomic mass is 10.9. The van der Waals surface area contributed by atoms with Crippen molar-refractivity contribution in [1.82, 2.24) is 0 Å². The molecule has 5 nitrogen and oxygen atoms in total. The summed E-state index contributed by atoms with van der Waals surface area (Å²) in [6.07, 6.45) is 0. The minimum absolute atomic E-state index is 0.830. The zero-order valence-electron chi connectivity index (χ0n) is 5.55. The van der Waals surface area contributed by atoms with E-state index in [-0.39, 0.29) is 0 Å². The van der Waals surface area contributed by atoms with E-state index in [1.165, 1.54) is 0 Å². The Morgan fingerprint density at radius 2 is 1.90 bits per heavy atom. The van der Waals surface area contributed by atoms with Crippen LogP contribution in [0.15, 0.2) is 0 Å². The first-order valence-corrected chi connectivity index (χ1v) is 5.70. The summed E-state index contributed by atoms with van der Waals surface area (Å²) < 4.78 is 20.9. The van der Waals surface area contributed by atoms with Crippen molar-refractivity contribution in [1.29, 1.82) is 0 Å². The third kappa shape index (κ3) is 1.84. The normalized spacial score (nSPS) is 24.7. The van der Waals surface area contributed by atoms with Crippen molar-refractivity contribution in [3.63, 3.8) is 0 Å². The molecule has 3 unspecified atom stereocenters. The number of hydrogen-bond acceptors (Lipinski definition) is 3. The first kappa shape index (κ1) is 10.2. The molecule has 60 valence electrons. The molecular formula is C3H9O5P2+. The van der Waals surface area contributed by atoms with Gasteiger partial charge in [0.25, 0.3) is 7.37 Å². The second-order valence-electron chi connectivity index (χ2n) is 2.12. The van der Waals surface area contributed by atoms with E-state index in [0.717, 1.165) is 13.6 Å². The predicted molar refractivity (Wildman–Crippen MR) is 36.2 cm³/mol. The molecule has 0 aromatic heterocycles. The molecule has 0 spiro atoms. The Morgan fingerprint density at radius 1 is 1.60 bits per heavy atom. The van der Waals surface area contributed by atoms with Gasteiger partial charge in [0.15, 0.2) is 0 Å². The smallest absolute Gasteiger partial charge is 0.339 e. The van der Waals surface area contributed by atoms with Crippen LogP contribution < -0.4 is 0 Å². The molecule has 3 N–H and O–H groups in total. The van der Waals surface area contributed by atoms with Gasteiger partial charge >= 0.3 is 13.1 Å². The van der Waals surface area contributed by atoms with Crippen LogP contribution in [-0.2, 0) is 9.13 Å². The molecule has 0 aliphatic rings. The molecule has 0 rings (SSSR count). The molecular weight excluding hydrogens is 178 g/mol. The SMILES string of the molecule is CC(O)([P+](=O)O)P(C)(=O)O. The average Bonchev–Trinajstić information content (AvgIpc) is 1.62. The summed E-state index contributed by atoms with van der Waals surface area (Å²) >= 11 is 0. The van der Waals surface area contributed by atoms with Gasteiger partial charge in [-0.2, -0.15) is 4.89 Å². The van der Waals surface area contributed by atoms with Gasteiger partial charge in [0, 0.05) is 13.6 Å². The van der Waals surface area contributed by atoms with E-state index in [1.807, 2.05) is 0 Å². The topological polar surface area (TPSA) is 94.8 Å². The zero-order valence-corrected chi connectivity index (χ0v) is 7.34. The van der Waals surface area contributed by atoms with Gasteiger partial charge in [0.05, 0.1) is 0 Å². The van der Waals surface area contributed by atoms with Crippen LogP contribution in [0.3, 0.4) is 0 Å². The number of aliphatic hydroxyl groups is 1. The van der Waals surface area contributed by atoms with Gasteiger partial charge in [-0.15, -0.1) is 0 Å². The van der Waals surface area contributed by atoms with Crippen LogP contribution in [-0.4, -0.2) is 26.6 Å². The van der Waals surface area contributed by atoms with Crippen molar-refractivity contribution in [2.24, 2.45) is 0 Å². The first-order valence-electron chi connectivity index (χ1n) is 2.38. The Balaban J connectivity index is 4.75. The van der Waals surface area contributed by atoms with Crippen LogP contribution in [0, 0.1) is 0 Å². The molecule has 0 saturated carbocycles. The highest BCUT2D eigenvalue weighted by atomic mass is 31.2. The summed E-state index contributed by atoms with van der Waals surface area (Å²) in [4.78, 5) is 17.0. The summed E-state index contributed by atoms with van der Waals surface area (Å²) in [5.41, 5.74) is 0. The largest absolute Gasteiger partial charge is 0.551 e. The second kappa shape index (κ2) is 2.68. The fraction of sp³-hybridized carbons (Fsp3) is 1.00. The van der Waals surface area contributed by atoms with Crippen molar-refractivity contribution < 1.29 is 24.0 Å². The van der Waals surface area contributed by atoms with Crippen molar-refractivity contribution in [3.05, 3.63) is 0 Å². The lowest BCUT2D eigenvalue weighted by molar-refractivity contribution is 0.196. The summed E-state index contributed by atoms with van der Waals surface area (Å²) in [6, 6.07) is 0. The Kier molecular flexibility index (Phi) is 2.74. The molecule has 0 aliphatic carbocycles. The third-order valence-electron chi connectivity index (χ3n) is 1.15. The van der Waals surface area contributed by atoms with Crippen LogP contribution in [0.4, 0.5) is 0 Å². The maximum atomic E-state index is 10.6. The molecule has 0 amide bonds. The molecule has 0 aromatic carbocycles. The van der Waals surface area contributed by atoms with Gasteiger partial charge in [-0.1, -0.05) is 0 Å². The summed E-state index contributed by atoms with van der Waals surface area (Å²) in [5.74, 6) is 0. The summed E-state index contributed by atoms with van der Waals surface area (Å²) in [7, 11) is -6.94. The molecule has 0 saturated heterocycles. The minimum atomic E-state index is -3.90. The first-order chi connectivity index (χ1) is 4.19. The predicted octanol–water partition coefficient (Wildman–Crippen LogP) is 0.287. The molecule has 3 atom stereocenters. The lowest BCUT2D eigenvalue weighted by Gasteiger charge is -2.11. The Morgan fingerprint density at radius 3 is 1.90 bits per heavy atom. The minimum Gasteiger partial charge on any atom is -0.339 e. The van der Waals surface area contributed by atoms with E-state index in [9.17, 15) is 9.13 Å². The lowest BCUT2D eigenvalue weighted by Crippen LogP contribution is -2.18. The van der Waals surface area contributed by atoms with E-state index in [2.05, 4.69) is 0 Å². The zero-order chi connectivity index (χ0) is 8.58. The van der Waals surface area contributed by atoms with E-state index in [0.29, 0.717) is 0 Å². The molecule has 0 bridgehead atoms. The van der Waals surface area contributed by atoms with Gasteiger partial charge in [-0.3, -0.25) is 4.57 Å². The summed E-state index contributed by atoms with van der Waals surface area (Å²) in [5, 5.41) is 6.49. The van der Waals surface area contributed by atoms with Crippen molar-refractivity contribution in [2.45, 2.75) is 12.0 Å².